The highest BCUT2D eigenvalue weighted by molar-refractivity contribution is 5.48. The van der Waals surface area contributed by atoms with E-state index < -0.39 is 6.10 Å². The highest BCUT2D eigenvalue weighted by atomic mass is 16.5. The van der Waals surface area contributed by atoms with Crippen LogP contribution in [0.1, 0.15) is 26.3 Å². The molecule has 1 saturated heterocycles. The Morgan fingerprint density at radius 3 is 2.27 bits per heavy atom. The van der Waals surface area contributed by atoms with E-state index in [-0.39, 0.29) is 6.10 Å². The molecule has 1 aliphatic heterocycles. The molecule has 2 rings (SSSR count). The Bertz CT molecular complexity index is 425. The summed E-state index contributed by atoms with van der Waals surface area (Å²) in [6, 6.07) is 8.88. The first-order valence-electron chi connectivity index (χ1n) is 8.44. The third-order valence-electron chi connectivity index (χ3n) is 4.17. The lowest BCUT2D eigenvalue weighted by Gasteiger charge is -2.37. The standard InChI is InChI=1S/C18H30N2O2/c1-4-16-5-7-17(8-6-16)20-11-9-19(10-12-20)13-18(21)14-22-15(2)3/h5-8,15,18,21H,4,9-14H2,1-3H3. The fraction of sp³-hybridized carbons (Fsp3) is 0.667. The molecule has 1 aliphatic rings. The third-order valence-corrected chi connectivity index (χ3v) is 4.17. The van der Waals surface area contributed by atoms with E-state index in [0.29, 0.717) is 13.2 Å². The van der Waals surface area contributed by atoms with Gasteiger partial charge in [0.2, 0.25) is 0 Å². The van der Waals surface area contributed by atoms with Gasteiger partial charge in [0, 0.05) is 38.4 Å². The molecule has 4 heteroatoms. The molecular formula is C18H30N2O2. The third kappa shape index (κ3) is 5.27. The van der Waals surface area contributed by atoms with Gasteiger partial charge in [0.15, 0.2) is 0 Å². The molecule has 1 atom stereocenters. The smallest absolute Gasteiger partial charge is 0.0900 e. The molecule has 22 heavy (non-hydrogen) atoms. The predicted octanol–water partition coefficient (Wildman–Crippen LogP) is 2.16. The molecule has 1 aromatic carbocycles. The Labute approximate surface area is 134 Å². The van der Waals surface area contributed by atoms with E-state index in [4.69, 9.17) is 4.74 Å². The summed E-state index contributed by atoms with van der Waals surface area (Å²) < 4.78 is 5.47. The van der Waals surface area contributed by atoms with Crippen LogP contribution >= 0.6 is 0 Å². The van der Waals surface area contributed by atoms with Crippen molar-refractivity contribution in [3.8, 4) is 0 Å². The fourth-order valence-electron chi connectivity index (χ4n) is 2.79. The van der Waals surface area contributed by atoms with Crippen molar-refractivity contribution < 1.29 is 9.84 Å². The topological polar surface area (TPSA) is 35.9 Å². The largest absolute Gasteiger partial charge is 0.389 e. The van der Waals surface area contributed by atoms with Gasteiger partial charge in [0.1, 0.15) is 0 Å². The summed E-state index contributed by atoms with van der Waals surface area (Å²) >= 11 is 0. The lowest BCUT2D eigenvalue weighted by atomic mass is 10.1. The van der Waals surface area contributed by atoms with Gasteiger partial charge in [-0.25, -0.2) is 0 Å². The van der Waals surface area contributed by atoms with Crippen molar-refractivity contribution in [2.75, 3.05) is 44.2 Å². The molecule has 0 aromatic heterocycles. The van der Waals surface area contributed by atoms with E-state index >= 15 is 0 Å². The van der Waals surface area contributed by atoms with Crippen LogP contribution in [-0.4, -0.2) is 61.5 Å². The van der Waals surface area contributed by atoms with Crippen LogP contribution < -0.4 is 4.90 Å². The number of aryl methyl sites for hydroxylation is 1. The number of anilines is 1. The molecule has 1 fully saturated rings. The van der Waals surface area contributed by atoms with Gasteiger partial charge in [-0.2, -0.15) is 0 Å². The number of β-amino-alcohol motifs (C(OH)–C–C–N with tert-alkyl or cyclic N) is 1. The van der Waals surface area contributed by atoms with Gasteiger partial charge in [-0.05, 0) is 38.0 Å². The molecule has 1 unspecified atom stereocenters. The Kier molecular flexibility index (Phi) is 6.68. The number of ether oxygens (including phenoxy) is 1. The molecule has 0 radical (unpaired) electrons. The summed E-state index contributed by atoms with van der Waals surface area (Å²) in [6.07, 6.45) is 0.875. The van der Waals surface area contributed by atoms with Crippen molar-refractivity contribution in [2.45, 2.75) is 39.4 Å². The number of rotatable bonds is 7. The minimum atomic E-state index is -0.391. The fourth-order valence-corrected chi connectivity index (χ4v) is 2.79. The van der Waals surface area contributed by atoms with Gasteiger partial charge in [0.05, 0.1) is 18.8 Å². The summed E-state index contributed by atoms with van der Waals surface area (Å²) in [5, 5.41) is 10.0. The van der Waals surface area contributed by atoms with Crippen molar-refractivity contribution in [3.05, 3.63) is 29.8 Å². The number of aliphatic hydroxyl groups is 1. The maximum absolute atomic E-state index is 10.0. The summed E-state index contributed by atoms with van der Waals surface area (Å²) in [7, 11) is 0. The van der Waals surface area contributed by atoms with Crippen LogP contribution in [0.2, 0.25) is 0 Å². The van der Waals surface area contributed by atoms with Gasteiger partial charge in [-0.3, -0.25) is 4.90 Å². The molecule has 0 saturated carbocycles. The molecule has 0 amide bonds. The van der Waals surface area contributed by atoms with Crippen LogP contribution in [0.4, 0.5) is 5.69 Å². The average molecular weight is 306 g/mol. The second-order valence-electron chi connectivity index (χ2n) is 6.34. The zero-order chi connectivity index (χ0) is 15.9. The van der Waals surface area contributed by atoms with Crippen LogP contribution in [0.15, 0.2) is 24.3 Å². The molecule has 1 aromatic rings. The number of hydrogen-bond donors (Lipinski definition) is 1. The van der Waals surface area contributed by atoms with Crippen molar-refractivity contribution in [1.82, 2.24) is 4.90 Å². The summed E-state index contributed by atoms with van der Waals surface area (Å²) in [5.74, 6) is 0. The molecule has 124 valence electrons. The van der Waals surface area contributed by atoms with Gasteiger partial charge in [-0.1, -0.05) is 19.1 Å². The normalized spacial score (nSPS) is 18.0. The van der Waals surface area contributed by atoms with Crippen LogP contribution in [0.3, 0.4) is 0 Å². The van der Waals surface area contributed by atoms with E-state index in [9.17, 15) is 5.11 Å². The SMILES string of the molecule is CCc1ccc(N2CCN(CC(O)COC(C)C)CC2)cc1. The number of nitrogens with zero attached hydrogens (tertiary/aromatic N) is 2. The number of aliphatic hydroxyl groups excluding tert-OH is 1. The lowest BCUT2D eigenvalue weighted by Crippen LogP contribution is -2.49. The van der Waals surface area contributed by atoms with Crippen molar-refractivity contribution in [3.63, 3.8) is 0 Å². The molecule has 1 heterocycles. The Balaban J connectivity index is 1.75. The maximum atomic E-state index is 10.0. The predicted molar refractivity (Wildman–Crippen MR) is 91.6 cm³/mol. The van der Waals surface area contributed by atoms with Crippen LogP contribution in [-0.2, 0) is 11.2 Å². The van der Waals surface area contributed by atoms with E-state index in [1.54, 1.807) is 0 Å². The zero-order valence-corrected chi connectivity index (χ0v) is 14.2. The number of piperazine rings is 1. The van der Waals surface area contributed by atoms with Crippen molar-refractivity contribution in [2.24, 2.45) is 0 Å². The first kappa shape index (κ1) is 17.3. The summed E-state index contributed by atoms with van der Waals surface area (Å²) in [6.45, 7) is 11.3. The Morgan fingerprint density at radius 2 is 1.73 bits per heavy atom. The van der Waals surface area contributed by atoms with Gasteiger partial charge < -0.3 is 14.7 Å². The van der Waals surface area contributed by atoms with Crippen molar-refractivity contribution in [1.29, 1.82) is 0 Å². The molecule has 4 nitrogen and oxygen atoms in total. The minimum absolute atomic E-state index is 0.178. The Hall–Kier alpha value is -1.10. The van der Waals surface area contributed by atoms with Gasteiger partial charge in [0.25, 0.3) is 0 Å². The summed E-state index contributed by atoms with van der Waals surface area (Å²) in [5.41, 5.74) is 2.69. The Morgan fingerprint density at radius 1 is 1.09 bits per heavy atom. The van der Waals surface area contributed by atoms with Gasteiger partial charge in [-0.15, -0.1) is 0 Å². The van der Waals surface area contributed by atoms with Crippen LogP contribution in [0.25, 0.3) is 0 Å². The molecular weight excluding hydrogens is 276 g/mol. The quantitative estimate of drug-likeness (QED) is 0.837. The van der Waals surface area contributed by atoms with Crippen molar-refractivity contribution >= 4 is 5.69 Å². The first-order chi connectivity index (χ1) is 10.6. The first-order valence-corrected chi connectivity index (χ1v) is 8.44. The molecule has 0 spiro atoms. The van der Waals surface area contributed by atoms with Gasteiger partial charge >= 0.3 is 0 Å². The second kappa shape index (κ2) is 8.51. The summed E-state index contributed by atoms with van der Waals surface area (Å²) in [4.78, 5) is 4.75. The highest BCUT2D eigenvalue weighted by Crippen LogP contribution is 2.17. The second-order valence-corrected chi connectivity index (χ2v) is 6.34. The minimum Gasteiger partial charge on any atom is -0.389 e. The average Bonchev–Trinajstić information content (AvgIpc) is 2.54. The number of benzene rings is 1. The zero-order valence-electron chi connectivity index (χ0n) is 14.2. The van der Waals surface area contributed by atoms with E-state index in [1.807, 2.05) is 13.8 Å². The number of hydrogen-bond acceptors (Lipinski definition) is 4. The molecule has 0 bridgehead atoms. The maximum Gasteiger partial charge on any atom is 0.0900 e. The molecule has 0 aliphatic carbocycles. The van der Waals surface area contributed by atoms with E-state index in [2.05, 4.69) is 41.0 Å². The lowest BCUT2D eigenvalue weighted by molar-refractivity contribution is -0.00899. The monoisotopic (exact) mass is 306 g/mol. The highest BCUT2D eigenvalue weighted by Gasteiger charge is 2.19. The van der Waals surface area contributed by atoms with E-state index in [0.717, 1.165) is 32.6 Å². The van der Waals surface area contributed by atoms with Crippen LogP contribution in [0, 0.1) is 0 Å². The van der Waals surface area contributed by atoms with E-state index in [1.165, 1.54) is 11.3 Å². The van der Waals surface area contributed by atoms with Crippen LogP contribution in [0.5, 0.6) is 0 Å². The molecule has 1 N–H and O–H groups in total.